The Balaban J connectivity index is 1.92. The van der Waals surface area contributed by atoms with Gasteiger partial charge in [-0.2, -0.15) is 0 Å². The molecule has 1 amide bonds. The quantitative estimate of drug-likeness (QED) is 0.819. The van der Waals surface area contributed by atoms with E-state index in [1.165, 1.54) is 0 Å². The second-order valence-electron chi connectivity index (χ2n) is 5.27. The van der Waals surface area contributed by atoms with Crippen molar-refractivity contribution in [3.05, 3.63) is 18.2 Å². The van der Waals surface area contributed by atoms with Gasteiger partial charge in [-0.05, 0) is 25.5 Å². The molecule has 1 aromatic rings. The number of rotatable bonds is 4. The lowest BCUT2D eigenvalue weighted by atomic mass is 10.2. The first-order chi connectivity index (χ1) is 10.1. The highest BCUT2D eigenvalue weighted by atomic mass is 16.5. The number of nitrogens with two attached hydrogens (primary N) is 1. The van der Waals surface area contributed by atoms with Gasteiger partial charge >= 0.3 is 0 Å². The van der Waals surface area contributed by atoms with Gasteiger partial charge in [0.2, 0.25) is 5.91 Å². The van der Waals surface area contributed by atoms with Crippen LogP contribution in [0.15, 0.2) is 18.2 Å². The second-order valence-corrected chi connectivity index (χ2v) is 5.27. The lowest BCUT2D eigenvalue weighted by Crippen LogP contribution is -2.37. The van der Waals surface area contributed by atoms with Crippen LogP contribution in [-0.4, -0.2) is 50.3 Å². The highest BCUT2D eigenvalue weighted by molar-refractivity contribution is 5.95. The van der Waals surface area contributed by atoms with Crippen LogP contribution in [0.25, 0.3) is 0 Å². The second kappa shape index (κ2) is 7.28. The number of anilines is 2. The van der Waals surface area contributed by atoms with E-state index >= 15 is 0 Å². The van der Waals surface area contributed by atoms with Crippen molar-refractivity contribution in [2.45, 2.75) is 19.4 Å². The Hall–Kier alpha value is -1.79. The molecule has 3 N–H and O–H groups in total. The number of benzene rings is 1. The summed E-state index contributed by atoms with van der Waals surface area (Å²) in [5, 5.41) is 2.84. The first-order valence-corrected chi connectivity index (χ1v) is 7.16. The van der Waals surface area contributed by atoms with Crippen molar-refractivity contribution in [1.29, 1.82) is 0 Å². The van der Waals surface area contributed by atoms with E-state index in [-0.39, 0.29) is 12.0 Å². The van der Waals surface area contributed by atoms with Crippen LogP contribution in [0.5, 0.6) is 5.75 Å². The summed E-state index contributed by atoms with van der Waals surface area (Å²) in [7, 11) is 1.58. The van der Waals surface area contributed by atoms with Crippen molar-refractivity contribution < 1.29 is 14.3 Å². The van der Waals surface area contributed by atoms with Crippen molar-refractivity contribution in [1.82, 2.24) is 4.90 Å². The summed E-state index contributed by atoms with van der Waals surface area (Å²) < 4.78 is 10.7. The number of nitrogen functional groups attached to an aromatic ring is 1. The van der Waals surface area contributed by atoms with Crippen molar-refractivity contribution in [3.8, 4) is 5.75 Å². The van der Waals surface area contributed by atoms with Crippen molar-refractivity contribution in [2.75, 3.05) is 44.4 Å². The largest absolute Gasteiger partial charge is 0.497 e. The van der Waals surface area contributed by atoms with Crippen LogP contribution < -0.4 is 15.8 Å². The number of methoxy groups -OCH3 is 1. The molecule has 0 aliphatic carbocycles. The predicted molar refractivity (Wildman–Crippen MR) is 82.5 cm³/mol. The van der Waals surface area contributed by atoms with E-state index in [2.05, 4.69) is 10.2 Å². The molecule has 1 saturated heterocycles. The molecule has 0 saturated carbocycles. The van der Waals surface area contributed by atoms with Crippen molar-refractivity contribution in [3.63, 3.8) is 0 Å². The number of ether oxygens (including phenoxy) is 2. The topological polar surface area (TPSA) is 76.8 Å². The van der Waals surface area contributed by atoms with Crippen LogP contribution in [-0.2, 0) is 9.53 Å². The van der Waals surface area contributed by atoms with Gasteiger partial charge in [0.25, 0.3) is 0 Å². The molecule has 116 valence electrons. The average molecular weight is 293 g/mol. The molecule has 0 bridgehead atoms. The number of hydrogen-bond acceptors (Lipinski definition) is 5. The minimum absolute atomic E-state index is 0.0685. The molecule has 0 spiro atoms. The van der Waals surface area contributed by atoms with Gasteiger partial charge in [0.05, 0.1) is 31.1 Å². The minimum atomic E-state index is -0.0685. The Morgan fingerprint density at radius 1 is 1.57 bits per heavy atom. The molecule has 0 radical (unpaired) electrons. The number of nitrogens with one attached hydrogen (secondary N) is 1. The molecule has 6 nitrogen and oxygen atoms in total. The number of hydrogen-bond donors (Lipinski definition) is 2. The summed E-state index contributed by atoms with van der Waals surface area (Å²) in [6.07, 6.45) is 1.11. The van der Waals surface area contributed by atoms with Crippen LogP contribution in [0, 0.1) is 0 Å². The van der Waals surface area contributed by atoms with Crippen LogP contribution in [0.4, 0.5) is 11.4 Å². The molecule has 1 heterocycles. The first-order valence-electron chi connectivity index (χ1n) is 7.16. The molecule has 1 fully saturated rings. The number of amides is 1. The smallest absolute Gasteiger partial charge is 0.238 e. The maximum atomic E-state index is 12.1. The van der Waals surface area contributed by atoms with Gasteiger partial charge in [-0.3, -0.25) is 9.69 Å². The summed E-state index contributed by atoms with van der Waals surface area (Å²) in [6.45, 7) is 4.77. The monoisotopic (exact) mass is 293 g/mol. The molecule has 1 aliphatic heterocycles. The van der Waals surface area contributed by atoms with E-state index in [1.54, 1.807) is 25.3 Å². The Bertz CT molecular complexity index is 493. The summed E-state index contributed by atoms with van der Waals surface area (Å²) in [6, 6.07) is 5.21. The fraction of sp³-hybridized carbons (Fsp3) is 0.533. The van der Waals surface area contributed by atoms with Gasteiger partial charge in [-0.15, -0.1) is 0 Å². The van der Waals surface area contributed by atoms with Gasteiger partial charge in [-0.1, -0.05) is 0 Å². The highest BCUT2D eigenvalue weighted by Gasteiger charge is 2.17. The van der Waals surface area contributed by atoms with Gasteiger partial charge in [0.15, 0.2) is 0 Å². The molecule has 6 heteroatoms. The minimum Gasteiger partial charge on any atom is -0.497 e. The first kappa shape index (κ1) is 15.6. The Morgan fingerprint density at radius 3 is 3.10 bits per heavy atom. The van der Waals surface area contributed by atoms with Gasteiger partial charge in [0.1, 0.15) is 5.75 Å². The zero-order chi connectivity index (χ0) is 15.2. The van der Waals surface area contributed by atoms with E-state index in [9.17, 15) is 4.79 Å². The zero-order valence-corrected chi connectivity index (χ0v) is 12.6. The maximum Gasteiger partial charge on any atom is 0.238 e. The third-order valence-electron chi connectivity index (χ3n) is 3.44. The lowest BCUT2D eigenvalue weighted by molar-refractivity contribution is -0.117. The molecule has 1 aromatic carbocycles. The van der Waals surface area contributed by atoms with Crippen LogP contribution in [0.1, 0.15) is 13.3 Å². The standard InChI is InChI=1S/C15H23N3O3/c1-11-9-18(6-3-7-21-11)10-15(19)17-14-5-4-12(20-2)8-13(14)16/h4-5,8,11H,3,6-7,9-10,16H2,1-2H3,(H,17,19). The molecule has 2 rings (SSSR count). The molecule has 1 unspecified atom stereocenters. The average Bonchev–Trinajstić information content (AvgIpc) is 2.65. The van der Waals surface area contributed by atoms with Crippen molar-refractivity contribution in [2.24, 2.45) is 0 Å². The third-order valence-corrected chi connectivity index (χ3v) is 3.44. The predicted octanol–water partition coefficient (Wildman–Crippen LogP) is 1.33. The number of carbonyl (C=O) groups is 1. The highest BCUT2D eigenvalue weighted by Crippen LogP contribution is 2.23. The summed E-state index contributed by atoms with van der Waals surface area (Å²) >= 11 is 0. The molecule has 1 atom stereocenters. The summed E-state index contributed by atoms with van der Waals surface area (Å²) in [5.74, 6) is 0.602. The Labute approximate surface area is 125 Å². The van der Waals surface area contributed by atoms with Crippen LogP contribution in [0.2, 0.25) is 0 Å². The summed E-state index contributed by atoms with van der Waals surface area (Å²) in [5.41, 5.74) is 7.00. The molecule has 21 heavy (non-hydrogen) atoms. The Kier molecular flexibility index (Phi) is 5.41. The summed E-state index contributed by atoms with van der Waals surface area (Å²) in [4.78, 5) is 14.2. The van der Waals surface area contributed by atoms with Crippen LogP contribution in [0.3, 0.4) is 0 Å². The SMILES string of the molecule is COc1ccc(NC(=O)CN2CCCOC(C)C2)c(N)c1. The van der Waals surface area contributed by atoms with E-state index in [0.717, 1.165) is 26.1 Å². The zero-order valence-electron chi connectivity index (χ0n) is 12.6. The van der Waals surface area contributed by atoms with Crippen molar-refractivity contribution >= 4 is 17.3 Å². The van der Waals surface area contributed by atoms with E-state index in [1.807, 2.05) is 6.92 Å². The fourth-order valence-corrected chi connectivity index (χ4v) is 2.40. The lowest BCUT2D eigenvalue weighted by Gasteiger charge is -2.21. The van der Waals surface area contributed by atoms with E-state index in [4.69, 9.17) is 15.2 Å². The third kappa shape index (κ3) is 4.61. The fourth-order valence-electron chi connectivity index (χ4n) is 2.40. The van der Waals surface area contributed by atoms with E-state index in [0.29, 0.717) is 23.7 Å². The number of nitrogens with zero attached hydrogens (tertiary/aromatic N) is 1. The number of carbonyl (C=O) groups excluding carboxylic acids is 1. The Morgan fingerprint density at radius 2 is 2.38 bits per heavy atom. The molecular formula is C15H23N3O3. The van der Waals surface area contributed by atoms with Crippen LogP contribution >= 0.6 is 0 Å². The normalized spacial score (nSPS) is 19.8. The van der Waals surface area contributed by atoms with E-state index < -0.39 is 0 Å². The van der Waals surface area contributed by atoms with Gasteiger partial charge in [-0.25, -0.2) is 0 Å². The van der Waals surface area contributed by atoms with Gasteiger partial charge in [0, 0.05) is 25.8 Å². The molecular weight excluding hydrogens is 270 g/mol. The maximum absolute atomic E-state index is 12.1. The molecule has 0 aromatic heterocycles. The van der Waals surface area contributed by atoms with Gasteiger partial charge < -0.3 is 20.5 Å². The molecule has 1 aliphatic rings.